The largest absolute Gasteiger partial charge is 0.444 e. The fourth-order valence-electron chi connectivity index (χ4n) is 2.42. The van der Waals surface area contributed by atoms with E-state index in [1.165, 1.54) is 24.4 Å². The Bertz CT molecular complexity index is 848. The van der Waals surface area contributed by atoms with Crippen molar-refractivity contribution in [3.63, 3.8) is 0 Å². The van der Waals surface area contributed by atoms with Crippen LogP contribution in [0.4, 0.5) is 19.3 Å². The number of benzene rings is 1. The molecule has 8 heteroatoms. The van der Waals surface area contributed by atoms with Crippen molar-refractivity contribution in [1.29, 1.82) is 0 Å². The van der Waals surface area contributed by atoms with Crippen LogP contribution in [0.15, 0.2) is 30.5 Å². The minimum absolute atomic E-state index is 0.0216. The normalized spacial score (nSPS) is 11.2. The van der Waals surface area contributed by atoms with Crippen LogP contribution in [-0.2, 0) is 4.74 Å². The van der Waals surface area contributed by atoms with E-state index in [0.717, 1.165) is 0 Å². The van der Waals surface area contributed by atoms with E-state index in [9.17, 15) is 18.4 Å². The molecule has 2 aromatic rings. The third-order valence-corrected chi connectivity index (χ3v) is 3.50. The number of carbonyl (C=O) groups is 2. The number of aromatic nitrogens is 1. The van der Waals surface area contributed by atoms with Gasteiger partial charge >= 0.3 is 12.7 Å². The quantitative estimate of drug-likeness (QED) is 0.755. The van der Waals surface area contributed by atoms with Gasteiger partial charge in [-0.15, -0.1) is 0 Å². The van der Waals surface area contributed by atoms with E-state index in [4.69, 9.17) is 4.74 Å². The molecule has 0 bridgehead atoms. The molecular formula is C19H20F2N2O4. The summed E-state index contributed by atoms with van der Waals surface area (Å²) < 4.78 is 34.8. The van der Waals surface area contributed by atoms with Crippen molar-refractivity contribution in [2.45, 2.75) is 39.9 Å². The van der Waals surface area contributed by atoms with Gasteiger partial charge in [-0.2, -0.15) is 8.78 Å². The number of hydrogen-bond donors (Lipinski definition) is 1. The minimum atomic E-state index is -2.97. The number of nitrogens with one attached hydrogen (secondary N) is 1. The van der Waals surface area contributed by atoms with Crippen molar-refractivity contribution in [2.75, 3.05) is 5.32 Å². The summed E-state index contributed by atoms with van der Waals surface area (Å²) >= 11 is 0. The SMILES string of the molecule is Cc1c(OC(F)F)cccc1-c1nccc(NC(=O)OC(C)(C)C)c1C=O. The molecule has 1 heterocycles. The predicted molar refractivity (Wildman–Crippen MR) is 96.3 cm³/mol. The molecule has 0 saturated heterocycles. The van der Waals surface area contributed by atoms with Gasteiger partial charge in [-0.1, -0.05) is 12.1 Å². The van der Waals surface area contributed by atoms with Gasteiger partial charge < -0.3 is 9.47 Å². The summed E-state index contributed by atoms with van der Waals surface area (Å²) in [6, 6.07) is 5.99. The summed E-state index contributed by atoms with van der Waals surface area (Å²) in [5, 5.41) is 2.51. The first kappa shape index (κ1) is 20.3. The summed E-state index contributed by atoms with van der Waals surface area (Å²) in [7, 11) is 0. The average Bonchev–Trinajstić information content (AvgIpc) is 2.54. The zero-order valence-electron chi connectivity index (χ0n) is 15.4. The predicted octanol–water partition coefficient (Wildman–Crippen LogP) is 4.82. The second kappa shape index (κ2) is 8.11. The molecule has 0 aliphatic heterocycles. The van der Waals surface area contributed by atoms with Crippen LogP contribution in [0, 0.1) is 6.92 Å². The van der Waals surface area contributed by atoms with Crippen molar-refractivity contribution >= 4 is 18.1 Å². The number of alkyl halides is 2. The summed E-state index contributed by atoms with van der Waals surface area (Å²) in [5.74, 6) is -0.0216. The van der Waals surface area contributed by atoms with Gasteiger partial charge in [0.1, 0.15) is 11.4 Å². The smallest absolute Gasteiger partial charge is 0.412 e. The maximum Gasteiger partial charge on any atom is 0.412 e. The van der Waals surface area contributed by atoms with E-state index in [1.54, 1.807) is 33.8 Å². The van der Waals surface area contributed by atoms with Gasteiger partial charge in [-0.3, -0.25) is 15.1 Å². The first-order valence-corrected chi connectivity index (χ1v) is 8.11. The molecule has 2 rings (SSSR count). The van der Waals surface area contributed by atoms with Crippen LogP contribution in [0.1, 0.15) is 36.7 Å². The molecule has 1 aromatic heterocycles. The van der Waals surface area contributed by atoms with Crippen molar-refractivity contribution in [2.24, 2.45) is 0 Å². The Kier molecular flexibility index (Phi) is 6.09. The Morgan fingerprint density at radius 3 is 2.56 bits per heavy atom. The average molecular weight is 378 g/mol. The van der Waals surface area contributed by atoms with Gasteiger partial charge in [-0.05, 0) is 39.8 Å². The van der Waals surface area contributed by atoms with Gasteiger partial charge in [0, 0.05) is 17.3 Å². The fraction of sp³-hybridized carbons (Fsp3) is 0.316. The van der Waals surface area contributed by atoms with Gasteiger partial charge in [0.05, 0.1) is 16.9 Å². The lowest BCUT2D eigenvalue weighted by Crippen LogP contribution is -2.27. The van der Waals surface area contributed by atoms with Gasteiger partial charge in [-0.25, -0.2) is 4.79 Å². The molecule has 0 aliphatic rings. The van der Waals surface area contributed by atoms with Crippen LogP contribution in [0.25, 0.3) is 11.3 Å². The Morgan fingerprint density at radius 1 is 1.26 bits per heavy atom. The van der Waals surface area contributed by atoms with Crippen LogP contribution in [0.2, 0.25) is 0 Å². The topological polar surface area (TPSA) is 77.5 Å². The van der Waals surface area contributed by atoms with Crippen LogP contribution in [0.5, 0.6) is 5.75 Å². The maximum absolute atomic E-state index is 12.6. The van der Waals surface area contributed by atoms with E-state index < -0.39 is 18.3 Å². The van der Waals surface area contributed by atoms with E-state index >= 15 is 0 Å². The second-order valence-corrected chi connectivity index (χ2v) is 6.67. The number of nitrogens with zero attached hydrogens (tertiary/aromatic N) is 1. The third kappa shape index (κ3) is 5.22. The number of rotatable bonds is 5. The van der Waals surface area contributed by atoms with Gasteiger partial charge in [0.2, 0.25) is 0 Å². The number of aldehydes is 1. The summed E-state index contributed by atoms with van der Waals surface area (Å²) in [6.45, 7) is 3.74. The molecule has 0 fully saturated rings. The van der Waals surface area contributed by atoms with Crippen LogP contribution < -0.4 is 10.1 Å². The lowest BCUT2D eigenvalue weighted by Gasteiger charge is -2.20. The summed E-state index contributed by atoms with van der Waals surface area (Å²) in [4.78, 5) is 27.9. The highest BCUT2D eigenvalue weighted by atomic mass is 19.3. The number of hydrogen-bond acceptors (Lipinski definition) is 5. The van der Waals surface area contributed by atoms with Crippen molar-refractivity contribution in [3.8, 4) is 17.0 Å². The molecule has 0 spiro atoms. The van der Waals surface area contributed by atoms with Crippen LogP contribution in [0.3, 0.4) is 0 Å². The molecular weight excluding hydrogens is 358 g/mol. The number of halogens is 2. The Labute approximate surface area is 155 Å². The highest BCUT2D eigenvalue weighted by Gasteiger charge is 2.20. The van der Waals surface area contributed by atoms with Crippen LogP contribution in [-0.4, -0.2) is 29.6 Å². The van der Waals surface area contributed by atoms with Crippen LogP contribution >= 0.6 is 0 Å². The number of anilines is 1. The van der Waals surface area contributed by atoms with E-state index in [-0.39, 0.29) is 22.7 Å². The molecule has 144 valence electrons. The molecule has 0 radical (unpaired) electrons. The number of ether oxygens (including phenoxy) is 2. The molecule has 0 unspecified atom stereocenters. The second-order valence-electron chi connectivity index (χ2n) is 6.67. The highest BCUT2D eigenvalue weighted by Crippen LogP contribution is 2.33. The molecule has 0 aliphatic carbocycles. The summed E-state index contributed by atoms with van der Waals surface area (Å²) in [5.41, 5.74) is 0.643. The minimum Gasteiger partial charge on any atom is -0.444 e. The van der Waals surface area contributed by atoms with Gasteiger partial charge in [0.15, 0.2) is 6.29 Å². The Morgan fingerprint density at radius 2 is 1.96 bits per heavy atom. The van der Waals surface area contributed by atoms with Crippen molar-refractivity contribution < 1.29 is 27.8 Å². The van der Waals surface area contributed by atoms with E-state index in [0.29, 0.717) is 17.4 Å². The highest BCUT2D eigenvalue weighted by molar-refractivity contribution is 5.98. The molecule has 1 amide bonds. The molecule has 6 nitrogen and oxygen atoms in total. The molecule has 0 atom stereocenters. The fourth-order valence-corrected chi connectivity index (χ4v) is 2.42. The lowest BCUT2D eigenvalue weighted by atomic mass is 10.00. The lowest BCUT2D eigenvalue weighted by molar-refractivity contribution is -0.0502. The molecule has 1 aromatic carbocycles. The Hall–Kier alpha value is -3.03. The first-order chi connectivity index (χ1) is 12.6. The molecule has 0 saturated carbocycles. The molecule has 1 N–H and O–H groups in total. The standard InChI is InChI=1S/C19H20F2N2O4/c1-11-12(6-5-7-15(11)26-17(20)21)16-13(10-24)14(8-9-22-16)23-18(25)27-19(2,3)4/h5-10,17H,1-4H3,(H,22,23,25). The third-order valence-electron chi connectivity index (χ3n) is 3.50. The zero-order valence-corrected chi connectivity index (χ0v) is 15.4. The zero-order chi connectivity index (χ0) is 20.2. The number of pyridine rings is 1. The monoisotopic (exact) mass is 378 g/mol. The van der Waals surface area contributed by atoms with Crippen molar-refractivity contribution in [1.82, 2.24) is 4.98 Å². The van der Waals surface area contributed by atoms with Crippen molar-refractivity contribution in [3.05, 3.63) is 41.6 Å². The van der Waals surface area contributed by atoms with E-state index in [1.807, 2.05) is 0 Å². The number of amides is 1. The number of carbonyl (C=O) groups excluding carboxylic acids is 2. The van der Waals surface area contributed by atoms with E-state index in [2.05, 4.69) is 15.0 Å². The molecule has 27 heavy (non-hydrogen) atoms. The van der Waals surface area contributed by atoms with Gasteiger partial charge in [0.25, 0.3) is 0 Å². The first-order valence-electron chi connectivity index (χ1n) is 8.11. The maximum atomic E-state index is 12.6. The Balaban J connectivity index is 2.45. The summed E-state index contributed by atoms with van der Waals surface area (Å²) in [6.07, 6.45) is 1.21.